The van der Waals surface area contributed by atoms with Gasteiger partial charge in [0, 0.05) is 31.3 Å². The van der Waals surface area contributed by atoms with E-state index in [-0.39, 0.29) is 37.0 Å². The third-order valence-electron chi connectivity index (χ3n) is 3.98. The highest BCUT2D eigenvalue weighted by molar-refractivity contribution is 6.44. The van der Waals surface area contributed by atoms with Gasteiger partial charge < -0.3 is 15.4 Å². The molecule has 8 heteroatoms. The molecule has 0 saturated carbocycles. The van der Waals surface area contributed by atoms with Gasteiger partial charge in [0.1, 0.15) is 12.3 Å². The van der Waals surface area contributed by atoms with Crippen LogP contribution in [0.1, 0.15) is 12.8 Å². The molecule has 8 nitrogen and oxygen atoms in total. The van der Waals surface area contributed by atoms with Gasteiger partial charge in [0.25, 0.3) is 5.91 Å². The molecule has 3 rings (SSSR count). The van der Waals surface area contributed by atoms with E-state index in [9.17, 15) is 14.4 Å². The minimum absolute atomic E-state index is 0.0588. The van der Waals surface area contributed by atoms with Gasteiger partial charge in [-0.15, -0.1) is 0 Å². The monoisotopic (exact) mass is 380 g/mol. The van der Waals surface area contributed by atoms with E-state index in [4.69, 9.17) is 4.74 Å². The highest BCUT2D eigenvalue weighted by Gasteiger charge is 2.25. The zero-order valence-electron chi connectivity index (χ0n) is 15.3. The topological polar surface area (TPSA) is 100 Å². The highest BCUT2D eigenvalue weighted by Crippen LogP contribution is 2.21. The summed E-state index contributed by atoms with van der Waals surface area (Å²) in [5, 5.41) is 10.9. The number of benzene rings is 2. The molecule has 144 valence electrons. The van der Waals surface area contributed by atoms with E-state index in [0.717, 1.165) is 0 Å². The second-order valence-electron chi connectivity index (χ2n) is 6.10. The molecule has 1 heterocycles. The largest absolute Gasteiger partial charge is 0.375 e. The molecule has 2 aromatic carbocycles. The Kier molecular flexibility index (Phi) is 6.13. The summed E-state index contributed by atoms with van der Waals surface area (Å²) in [6.45, 7) is -0.0588. The number of anilines is 3. The number of amides is 3. The number of carbonyl (C=O) groups excluding carboxylic acids is 3. The minimum atomic E-state index is -0.395. The predicted octanol–water partition coefficient (Wildman–Crippen LogP) is 2.39. The van der Waals surface area contributed by atoms with Crippen molar-refractivity contribution in [1.29, 1.82) is 0 Å². The average Bonchev–Trinajstić information content (AvgIpc) is 2.69. The van der Waals surface area contributed by atoms with Crippen LogP contribution in [-0.2, 0) is 19.1 Å². The molecular formula is C20H20N4O4. The molecule has 0 aromatic heterocycles. The zero-order valence-corrected chi connectivity index (χ0v) is 15.3. The summed E-state index contributed by atoms with van der Waals surface area (Å²) >= 11 is 0. The Morgan fingerprint density at radius 2 is 1.75 bits per heavy atom. The average molecular weight is 380 g/mol. The van der Waals surface area contributed by atoms with Gasteiger partial charge in [0.15, 0.2) is 0 Å². The second-order valence-corrected chi connectivity index (χ2v) is 6.10. The Morgan fingerprint density at radius 3 is 2.46 bits per heavy atom. The van der Waals surface area contributed by atoms with Gasteiger partial charge in [0.05, 0.1) is 5.69 Å². The van der Waals surface area contributed by atoms with Crippen LogP contribution in [0, 0.1) is 0 Å². The van der Waals surface area contributed by atoms with Crippen molar-refractivity contribution in [3.05, 3.63) is 54.6 Å². The van der Waals surface area contributed by atoms with Gasteiger partial charge >= 0.3 is 0 Å². The van der Waals surface area contributed by atoms with E-state index in [0.29, 0.717) is 17.1 Å². The molecule has 0 aliphatic carbocycles. The molecule has 2 N–H and O–H groups in total. The van der Waals surface area contributed by atoms with Gasteiger partial charge in [-0.25, -0.2) is 5.01 Å². The first-order valence-electron chi connectivity index (χ1n) is 8.72. The van der Waals surface area contributed by atoms with E-state index >= 15 is 0 Å². The van der Waals surface area contributed by atoms with E-state index in [1.165, 1.54) is 12.1 Å². The predicted molar refractivity (Wildman–Crippen MR) is 106 cm³/mol. The van der Waals surface area contributed by atoms with Crippen LogP contribution in [0.15, 0.2) is 59.7 Å². The van der Waals surface area contributed by atoms with E-state index in [1.807, 2.05) is 6.07 Å². The maximum Gasteiger partial charge on any atom is 0.271 e. The van der Waals surface area contributed by atoms with Crippen molar-refractivity contribution < 1.29 is 19.1 Å². The van der Waals surface area contributed by atoms with Crippen molar-refractivity contribution in [2.24, 2.45) is 5.10 Å². The van der Waals surface area contributed by atoms with Gasteiger partial charge in [-0.05, 0) is 30.3 Å². The molecule has 0 saturated heterocycles. The first kappa shape index (κ1) is 19.2. The quantitative estimate of drug-likeness (QED) is 0.804. The molecule has 0 radical (unpaired) electrons. The molecule has 0 spiro atoms. The highest BCUT2D eigenvalue weighted by atomic mass is 16.5. The Labute approximate surface area is 162 Å². The van der Waals surface area contributed by atoms with Crippen LogP contribution in [0.25, 0.3) is 0 Å². The molecule has 0 atom stereocenters. The number of ether oxygens (including phenoxy) is 1. The van der Waals surface area contributed by atoms with Crippen LogP contribution in [-0.4, -0.2) is 37.1 Å². The first-order valence-corrected chi connectivity index (χ1v) is 8.72. The standard InChI is InChI=1S/C20H20N4O4/c1-28-13-18(25)21-14-6-5-7-15(12-14)22-20(27)17-10-11-19(26)24(23-17)16-8-3-2-4-9-16/h2-9,12H,10-11,13H2,1H3,(H,21,25)(H,22,27). The molecule has 0 bridgehead atoms. The number of methoxy groups -OCH3 is 1. The number of rotatable bonds is 6. The lowest BCUT2D eigenvalue weighted by atomic mass is 10.1. The van der Waals surface area contributed by atoms with Gasteiger partial charge in [-0.1, -0.05) is 24.3 Å². The maximum absolute atomic E-state index is 12.6. The summed E-state index contributed by atoms with van der Waals surface area (Å²) in [5.74, 6) is -0.848. The van der Waals surface area contributed by atoms with E-state index in [2.05, 4.69) is 15.7 Å². The molecule has 1 aliphatic rings. The number of hydrogen-bond acceptors (Lipinski definition) is 5. The van der Waals surface area contributed by atoms with E-state index < -0.39 is 5.91 Å². The molecule has 3 amide bonds. The molecule has 2 aromatic rings. The third kappa shape index (κ3) is 4.80. The maximum atomic E-state index is 12.6. The van der Waals surface area contributed by atoms with Crippen LogP contribution in [0.3, 0.4) is 0 Å². The van der Waals surface area contributed by atoms with Crippen molar-refractivity contribution in [2.75, 3.05) is 29.4 Å². The van der Waals surface area contributed by atoms with Crippen molar-refractivity contribution in [1.82, 2.24) is 0 Å². The summed E-state index contributed by atoms with van der Waals surface area (Å²) in [7, 11) is 1.44. The number of nitrogens with one attached hydrogen (secondary N) is 2. The van der Waals surface area contributed by atoms with Crippen molar-refractivity contribution >= 4 is 40.5 Å². The summed E-state index contributed by atoms with van der Waals surface area (Å²) < 4.78 is 4.78. The Morgan fingerprint density at radius 1 is 1.04 bits per heavy atom. The normalized spacial score (nSPS) is 13.7. The van der Waals surface area contributed by atoms with Crippen molar-refractivity contribution in [2.45, 2.75) is 12.8 Å². The lowest BCUT2D eigenvalue weighted by molar-refractivity contribution is -0.120. The second kappa shape index (κ2) is 8.92. The number of nitrogens with zero attached hydrogens (tertiary/aromatic N) is 2. The number of hydrazone groups is 1. The third-order valence-corrected chi connectivity index (χ3v) is 3.98. The number of carbonyl (C=O) groups is 3. The van der Waals surface area contributed by atoms with Crippen molar-refractivity contribution in [3.63, 3.8) is 0 Å². The SMILES string of the molecule is COCC(=O)Nc1cccc(NC(=O)C2=NN(c3ccccc3)C(=O)CC2)c1. The molecule has 28 heavy (non-hydrogen) atoms. The van der Waals surface area contributed by atoms with Crippen LogP contribution in [0.5, 0.6) is 0 Å². The summed E-state index contributed by atoms with van der Waals surface area (Å²) in [6, 6.07) is 15.7. The van der Waals surface area contributed by atoms with E-state index in [1.54, 1.807) is 48.5 Å². The van der Waals surface area contributed by atoms with Crippen LogP contribution in [0.4, 0.5) is 17.1 Å². The fourth-order valence-corrected chi connectivity index (χ4v) is 2.69. The lowest BCUT2D eigenvalue weighted by Crippen LogP contribution is -2.36. The minimum Gasteiger partial charge on any atom is -0.375 e. The van der Waals surface area contributed by atoms with Crippen LogP contribution >= 0.6 is 0 Å². The molecular weight excluding hydrogens is 360 g/mol. The Balaban J connectivity index is 1.72. The number of para-hydroxylation sites is 1. The molecule has 0 fully saturated rings. The lowest BCUT2D eigenvalue weighted by Gasteiger charge is -2.23. The summed E-state index contributed by atoms with van der Waals surface area (Å²) in [6.07, 6.45) is 0.465. The molecule has 0 unspecified atom stereocenters. The van der Waals surface area contributed by atoms with Gasteiger partial charge in [0.2, 0.25) is 11.8 Å². The number of hydrogen-bond donors (Lipinski definition) is 2. The first-order chi connectivity index (χ1) is 13.6. The van der Waals surface area contributed by atoms with Crippen molar-refractivity contribution in [3.8, 4) is 0 Å². The molecule has 1 aliphatic heterocycles. The Hall–Kier alpha value is -3.52. The van der Waals surface area contributed by atoms with Gasteiger partial charge in [-0.3, -0.25) is 14.4 Å². The van der Waals surface area contributed by atoms with Gasteiger partial charge in [-0.2, -0.15) is 5.10 Å². The van der Waals surface area contributed by atoms with Crippen LogP contribution < -0.4 is 15.6 Å². The fraction of sp³-hybridized carbons (Fsp3) is 0.200. The zero-order chi connectivity index (χ0) is 19.9. The Bertz CT molecular complexity index is 911. The fourth-order valence-electron chi connectivity index (χ4n) is 2.69. The summed E-state index contributed by atoms with van der Waals surface area (Å²) in [5.41, 5.74) is 1.91. The summed E-state index contributed by atoms with van der Waals surface area (Å²) in [4.78, 5) is 36.4. The smallest absolute Gasteiger partial charge is 0.271 e. The van der Waals surface area contributed by atoms with Crippen LogP contribution in [0.2, 0.25) is 0 Å².